The molecule has 1 aromatic carbocycles. The molecule has 2 aromatic rings. The number of rotatable bonds is 7. The predicted molar refractivity (Wildman–Crippen MR) is 96.9 cm³/mol. The smallest absolute Gasteiger partial charge is 0.230 e. The highest BCUT2D eigenvalue weighted by Gasteiger charge is 2.04. The van der Waals surface area contributed by atoms with Crippen molar-refractivity contribution in [3.63, 3.8) is 0 Å². The van der Waals surface area contributed by atoms with Gasteiger partial charge in [0.1, 0.15) is 0 Å². The molecule has 122 valence electrons. The third-order valence-corrected chi connectivity index (χ3v) is 4.56. The number of hydrogen-bond donors (Lipinski definition) is 1. The number of nitrogens with zero attached hydrogens (tertiary/aromatic N) is 1. The molecular weight excluding hydrogens is 304 g/mol. The average molecular weight is 328 g/mol. The molecule has 0 aliphatic heterocycles. The van der Waals surface area contributed by atoms with Gasteiger partial charge in [-0.1, -0.05) is 55.9 Å². The van der Waals surface area contributed by atoms with Crippen molar-refractivity contribution in [3.05, 3.63) is 59.3 Å². The summed E-state index contributed by atoms with van der Waals surface area (Å²) in [6, 6.07) is 12.6. The van der Waals surface area contributed by atoms with Gasteiger partial charge in [0.2, 0.25) is 5.91 Å². The van der Waals surface area contributed by atoms with Crippen LogP contribution < -0.4 is 5.32 Å². The van der Waals surface area contributed by atoms with Gasteiger partial charge in [-0.2, -0.15) is 0 Å². The highest BCUT2D eigenvalue weighted by atomic mass is 32.2. The number of amides is 1. The lowest BCUT2D eigenvalue weighted by atomic mass is 10.0. The minimum Gasteiger partial charge on any atom is -0.355 e. The molecule has 0 atom stereocenters. The van der Waals surface area contributed by atoms with Crippen LogP contribution in [0.2, 0.25) is 0 Å². The molecular formula is C19H24N2OS. The molecule has 1 aromatic heterocycles. The van der Waals surface area contributed by atoms with Gasteiger partial charge >= 0.3 is 0 Å². The van der Waals surface area contributed by atoms with Crippen LogP contribution >= 0.6 is 11.8 Å². The van der Waals surface area contributed by atoms with Crippen LogP contribution in [0.5, 0.6) is 0 Å². The molecule has 1 heterocycles. The van der Waals surface area contributed by atoms with Gasteiger partial charge in [0.05, 0.1) is 10.8 Å². The Morgan fingerprint density at radius 1 is 1.17 bits per heavy atom. The van der Waals surface area contributed by atoms with Crippen molar-refractivity contribution in [2.45, 2.75) is 38.1 Å². The quantitative estimate of drug-likeness (QED) is 0.782. The summed E-state index contributed by atoms with van der Waals surface area (Å²) in [4.78, 5) is 16.1. The number of aryl methyl sites for hydroxylation is 1. The third kappa shape index (κ3) is 6.06. The van der Waals surface area contributed by atoms with E-state index in [9.17, 15) is 4.79 Å². The topological polar surface area (TPSA) is 42.0 Å². The van der Waals surface area contributed by atoms with E-state index in [1.54, 1.807) is 0 Å². The summed E-state index contributed by atoms with van der Waals surface area (Å²) in [6.07, 6.45) is 2.68. The Kier molecular flexibility index (Phi) is 6.66. The second kappa shape index (κ2) is 8.73. The van der Waals surface area contributed by atoms with Crippen LogP contribution in [-0.4, -0.2) is 23.2 Å². The van der Waals surface area contributed by atoms with Gasteiger partial charge in [-0.3, -0.25) is 4.79 Å². The van der Waals surface area contributed by atoms with Crippen LogP contribution in [0.1, 0.15) is 36.5 Å². The van der Waals surface area contributed by atoms with Gasteiger partial charge in [0.15, 0.2) is 0 Å². The molecule has 0 bridgehead atoms. The third-order valence-electron chi connectivity index (χ3n) is 3.62. The molecule has 0 spiro atoms. The molecule has 0 saturated carbocycles. The monoisotopic (exact) mass is 328 g/mol. The van der Waals surface area contributed by atoms with E-state index >= 15 is 0 Å². The molecule has 3 nitrogen and oxygen atoms in total. The van der Waals surface area contributed by atoms with Gasteiger partial charge in [0, 0.05) is 12.7 Å². The number of benzene rings is 1. The first-order valence-electron chi connectivity index (χ1n) is 7.95. The maximum absolute atomic E-state index is 11.9. The van der Waals surface area contributed by atoms with Gasteiger partial charge in [-0.05, 0) is 42.0 Å². The van der Waals surface area contributed by atoms with E-state index in [-0.39, 0.29) is 5.91 Å². The van der Waals surface area contributed by atoms with Crippen LogP contribution in [0.25, 0.3) is 0 Å². The second-order valence-electron chi connectivity index (χ2n) is 5.96. The fraction of sp³-hybridized carbons (Fsp3) is 0.368. The summed E-state index contributed by atoms with van der Waals surface area (Å²) in [5, 5.41) is 3.85. The van der Waals surface area contributed by atoms with Crippen molar-refractivity contribution in [1.29, 1.82) is 0 Å². The average Bonchev–Trinajstić information content (AvgIpc) is 2.55. The maximum Gasteiger partial charge on any atom is 0.230 e. The molecule has 23 heavy (non-hydrogen) atoms. The van der Waals surface area contributed by atoms with Gasteiger partial charge in [-0.25, -0.2) is 4.98 Å². The molecule has 4 heteroatoms. The molecule has 0 aliphatic rings. The van der Waals surface area contributed by atoms with Crippen molar-refractivity contribution >= 4 is 17.7 Å². The summed E-state index contributed by atoms with van der Waals surface area (Å²) in [7, 11) is 0. The largest absolute Gasteiger partial charge is 0.355 e. The molecule has 1 amide bonds. The molecule has 0 fully saturated rings. The van der Waals surface area contributed by atoms with E-state index in [0.29, 0.717) is 18.2 Å². The van der Waals surface area contributed by atoms with E-state index in [0.717, 1.165) is 17.0 Å². The highest BCUT2D eigenvalue weighted by molar-refractivity contribution is 7.99. The lowest BCUT2D eigenvalue weighted by Crippen LogP contribution is -2.27. The van der Waals surface area contributed by atoms with E-state index in [1.807, 2.05) is 25.3 Å². The Bertz CT molecular complexity index is 621. The number of pyridine rings is 1. The Hall–Kier alpha value is -1.81. The first-order valence-corrected chi connectivity index (χ1v) is 8.94. The van der Waals surface area contributed by atoms with Gasteiger partial charge < -0.3 is 5.32 Å². The summed E-state index contributed by atoms with van der Waals surface area (Å²) in [5.74, 6) is 1.01. The zero-order valence-corrected chi connectivity index (χ0v) is 14.8. The number of carbonyl (C=O) groups excluding carboxylic acids is 1. The van der Waals surface area contributed by atoms with Crippen molar-refractivity contribution in [2.75, 3.05) is 12.3 Å². The van der Waals surface area contributed by atoms with Crippen molar-refractivity contribution in [3.8, 4) is 0 Å². The van der Waals surface area contributed by atoms with E-state index in [2.05, 4.69) is 48.4 Å². The van der Waals surface area contributed by atoms with Crippen molar-refractivity contribution in [1.82, 2.24) is 10.3 Å². The molecule has 0 radical (unpaired) electrons. The fourth-order valence-corrected chi connectivity index (χ4v) is 2.82. The van der Waals surface area contributed by atoms with Crippen LogP contribution in [0.3, 0.4) is 0 Å². The second-order valence-corrected chi connectivity index (χ2v) is 6.95. The van der Waals surface area contributed by atoms with Crippen LogP contribution in [0.15, 0.2) is 47.6 Å². The number of nitrogens with one attached hydrogen (secondary N) is 1. The SMILES string of the molecule is Cc1ccc(SCC(=O)NCCc2ccc(C(C)C)cc2)nc1. The molecule has 1 N–H and O–H groups in total. The van der Waals surface area contributed by atoms with E-state index in [1.165, 1.54) is 22.9 Å². The Morgan fingerprint density at radius 2 is 1.91 bits per heavy atom. The zero-order chi connectivity index (χ0) is 16.7. The number of thioether (sulfide) groups is 1. The van der Waals surface area contributed by atoms with Crippen LogP contribution in [0.4, 0.5) is 0 Å². The van der Waals surface area contributed by atoms with E-state index in [4.69, 9.17) is 0 Å². The van der Waals surface area contributed by atoms with Crippen molar-refractivity contribution in [2.24, 2.45) is 0 Å². The summed E-state index contributed by atoms with van der Waals surface area (Å²) >= 11 is 1.47. The minimum absolute atomic E-state index is 0.0520. The number of hydrogen-bond acceptors (Lipinski definition) is 3. The maximum atomic E-state index is 11.9. The summed E-state index contributed by atoms with van der Waals surface area (Å²) < 4.78 is 0. The Morgan fingerprint density at radius 3 is 2.52 bits per heavy atom. The predicted octanol–water partition coefficient (Wildman–Crippen LogP) is 3.96. The summed E-state index contributed by atoms with van der Waals surface area (Å²) in [6.45, 7) is 7.05. The first-order chi connectivity index (χ1) is 11.0. The molecule has 0 aliphatic carbocycles. The van der Waals surface area contributed by atoms with Crippen LogP contribution in [0, 0.1) is 6.92 Å². The number of aromatic nitrogens is 1. The first kappa shape index (κ1) is 17.5. The highest BCUT2D eigenvalue weighted by Crippen LogP contribution is 2.15. The van der Waals surface area contributed by atoms with E-state index < -0.39 is 0 Å². The summed E-state index contributed by atoms with van der Waals surface area (Å²) in [5.41, 5.74) is 3.73. The molecule has 0 unspecified atom stereocenters. The number of carbonyl (C=O) groups is 1. The minimum atomic E-state index is 0.0520. The lowest BCUT2D eigenvalue weighted by Gasteiger charge is -2.08. The van der Waals surface area contributed by atoms with Gasteiger partial charge in [-0.15, -0.1) is 0 Å². The molecule has 2 rings (SSSR count). The zero-order valence-electron chi connectivity index (χ0n) is 14.0. The standard InChI is InChI=1S/C19H24N2OS/c1-14(2)17-7-5-16(6-8-17)10-11-20-18(22)13-23-19-9-4-15(3)12-21-19/h4-9,12,14H,10-11,13H2,1-3H3,(H,20,22). The lowest BCUT2D eigenvalue weighted by molar-refractivity contribution is -0.118. The van der Waals surface area contributed by atoms with Crippen LogP contribution in [-0.2, 0) is 11.2 Å². The van der Waals surface area contributed by atoms with Gasteiger partial charge in [0.25, 0.3) is 0 Å². The fourth-order valence-electron chi connectivity index (χ4n) is 2.15. The molecule has 0 saturated heterocycles. The normalized spacial score (nSPS) is 10.8. The van der Waals surface area contributed by atoms with Crippen molar-refractivity contribution < 1.29 is 4.79 Å². The Balaban J connectivity index is 1.69. The Labute approximate surface area is 142 Å².